The van der Waals surface area contributed by atoms with Crippen LogP contribution in [0.3, 0.4) is 0 Å². The van der Waals surface area contributed by atoms with Crippen LogP contribution in [0.5, 0.6) is 0 Å². The predicted molar refractivity (Wildman–Crippen MR) is 98.5 cm³/mol. The molecule has 4 nitrogen and oxygen atoms in total. The summed E-state index contributed by atoms with van der Waals surface area (Å²) in [5.41, 5.74) is 4.26. The standard InChI is InChI=1S/C21H24N2O2/c1-15-7-9-18(10-8-15)20(24)21(25)22-13-16(2)23-12-11-17-5-3-4-6-19(17)14-23/h3-10,16H,11-14H2,1-2H3,(H,22,25). The highest BCUT2D eigenvalue weighted by atomic mass is 16.2. The van der Waals surface area contributed by atoms with Crippen LogP contribution < -0.4 is 5.32 Å². The van der Waals surface area contributed by atoms with Crippen molar-refractivity contribution in [2.45, 2.75) is 32.9 Å². The summed E-state index contributed by atoms with van der Waals surface area (Å²) in [7, 11) is 0. The number of nitrogens with one attached hydrogen (secondary N) is 1. The van der Waals surface area contributed by atoms with Gasteiger partial charge in [-0.05, 0) is 31.4 Å². The SMILES string of the molecule is Cc1ccc(C(=O)C(=O)NCC(C)N2CCc3ccccc3C2)cc1. The third kappa shape index (κ3) is 4.15. The fourth-order valence-corrected chi connectivity index (χ4v) is 3.18. The van der Waals surface area contributed by atoms with Crippen LogP contribution in [0.15, 0.2) is 48.5 Å². The van der Waals surface area contributed by atoms with Crippen molar-refractivity contribution in [2.75, 3.05) is 13.1 Å². The molecular weight excluding hydrogens is 312 g/mol. The van der Waals surface area contributed by atoms with Gasteiger partial charge in [0, 0.05) is 31.2 Å². The second-order valence-electron chi connectivity index (χ2n) is 6.74. The van der Waals surface area contributed by atoms with E-state index >= 15 is 0 Å². The van der Waals surface area contributed by atoms with E-state index in [4.69, 9.17) is 0 Å². The Labute approximate surface area is 148 Å². The van der Waals surface area contributed by atoms with Crippen LogP contribution in [0.2, 0.25) is 0 Å². The first kappa shape index (κ1) is 17.4. The molecule has 2 aromatic carbocycles. The molecule has 1 aliphatic heterocycles. The molecule has 0 aromatic heterocycles. The predicted octanol–water partition coefficient (Wildman–Crippen LogP) is 2.74. The summed E-state index contributed by atoms with van der Waals surface area (Å²) >= 11 is 0. The Hall–Kier alpha value is -2.46. The molecule has 1 unspecified atom stereocenters. The molecule has 0 spiro atoms. The summed E-state index contributed by atoms with van der Waals surface area (Å²) in [4.78, 5) is 26.7. The summed E-state index contributed by atoms with van der Waals surface area (Å²) in [5.74, 6) is -1.01. The zero-order valence-electron chi connectivity index (χ0n) is 14.8. The van der Waals surface area contributed by atoms with E-state index < -0.39 is 11.7 Å². The first-order valence-corrected chi connectivity index (χ1v) is 8.74. The van der Waals surface area contributed by atoms with E-state index in [0.717, 1.165) is 25.1 Å². The summed E-state index contributed by atoms with van der Waals surface area (Å²) in [6, 6.07) is 15.7. The van der Waals surface area contributed by atoms with E-state index in [1.807, 2.05) is 19.1 Å². The largest absolute Gasteiger partial charge is 0.348 e. The molecule has 25 heavy (non-hydrogen) atoms. The molecule has 0 bridgehead atoms. The number of rotatable bonds is 5. The summed E-state index contributed by atoms with van der Waals surface area (Å²) in [6.45, 7) is 6.37. The third-order valence-electron chi connectivity index (χ3n) is 4.86. The molecule has 0 aliphatic carbocycles. The molecular formula is C21H24N2O2. The maximum absolute atomic E-state index is 12.2. The molecule has 0 radical (unpaired) electrons. The quantitative estimate of drug-likeness (QED) is 0.675. The fraction of sp³-hybridized carbons (Fsp3) is 0.333. The number of ketones is 1. The van der Waals surface area contributed by atoms with Gasteiger partial charge in [0.2, 0.25) is 5.78 Å². The maximum atomic E-state index is 12.2. The smallest absolute Gasteiger partial charge is 0.292 e. The number of carbonyl (C=O) groups excluding carboxylic acids is 2. The first-order chi connectivity index (χ1) is 12.0. The number of aryl methyl sites for hydroxylation is 1. The minimum Gasteiger partial charge on any atom is -0.348 e. The maximum Gasteiger partial charge on any atom is 0.292 e. The van der Waals surface area contributed by atoms with Crippen molar-refractivity contribution in [3.63, 3.8) is 0 Å². The van der Waals surface area contributed by atoms with Crippen molar-refractivity contribution in [2.24, 2.45) is 0 Å². The third-order valence-corrected chi connectivity index (χ3v) is 4.86. The zero-order chi connectivity index (χ0) is 17.8. The Kier molecular flexibility index (Phi) is 5.29. The Balaban J connectivity index is 1.54. The van der Waals surface area contributed by atoms with E-state index in [1.54, 1.807) is 12.1 Å². The highest BCUT2D eigenvalue weighted by Gasteiger charge is 2.22. The molecule has 1 heterocycles. The summed E-state index contributed by atoms with van der Waals surface area (Å²) in [6.07, 6.45) is 1.02. The van der Waals surface area contributed by atoms with Gasteiger partial charge in [-0.1, -0.05) is 54.1 Å². The van der Waals surface area contributed by atoms with Crippen LogP contribution in [-0.2, 0) is 17.8 Å². The lowest BCUT2D eigenvalue weighted by Gasteiger charge is -2.33. The van der Waals surface area contributed by atoms with E-state index in [0.29, 0.717) is 12.1 Å². The Morgan fingerprint density at radius 2 is 1.76 bits per heavy atom. The van der Waals surface area contributed by atoms with Crippen LogP contribution >= 0.6 is 0 Å². The van der Waals surface area contributed by atoms with Gasteiger partial charge < -0.3 is 5.32 Å². The number of benzene rings is 2. The molecule has 4 heteroatoms. The number of Topliss-reactive ketones (excluding diaryl/α,β-unsaturated/α-hetero) is 1. The number of hydrogen-bond acceptors (Lipinski definition) is 3. The van der Waals surface area contributed by atoms with Gasteiger partial charge in [-0.2, -0.15) is 0 Å². The lowest BCUT2D eigenvalue weighted by molar-refractivity contribution is -0.117. The van der Waals surface area contributed by atoms with E-state index in [2.05, 4.69) is 41.4 Å². The van der Waals surface area contributed by atoms with Crippen molar-refractivity contribution in [1.29, 1.82) is 0 Å². The van der Waals surface area contributed by atoms with Crippen LogP contribution in [0.25, 0.3) is 0 Å². The number of amides is 1. The number of fused-ring (bicyclic) bond motifs is 1. The lowest BCUT2D eigenvalue weighted by Crippen LogP contribution is -2.45. The van der Waals surface area contributed by atoms with Crippen molar-refractivity contribution in [3.8, 4) is 0 Å². The van der Waals surface area contributed by atoms with Crippen molar-refractivity contribution in [3.05, 3.63) is 70.8 Å². The first-order valence-electron chi connectivity index (χ1n) is 8.74. The minimum absolute atomic E-state index is 0.183. The average molecular weight is 336 g/mol. The highest BCUT2D eigenvalue weighted by Crippen LogP contribution is 2.19. The van der Waals surface area contributed by atoms with E-state index in [1.165, 1.54) is 11.1 Å². The van der Waals surface area contributed by atoms with Crippen molar-refractivity contribution in [1.82, 2.24) is 10.2 Å². The van der Waals surface area contributed by atoms with Crippen LogP contribution in [0.4, 0.5) is 0 Å². The Morgan fingerprint density at radius 3 is 2.48 bits per heavy atom. The normalized spacial score (nSPS) is 15.3. The van der Waals surface area contributed by atoms with Gasteiger partial charge >= 0.3 is 0 Å². The molecule has 0 saturated carbocycles. The van der Waals surface area contributed by atoms with Gasteiger partial charge in [-0.3, -0.25) is 14.5 Å². The highest BCUT2D eigenvalue weighted by molar-refractivity contribution is 6.42. The van der Waals surface area contributed by atoms with Gasteiger partial charge in [-0.25, -0.2) is 0 Å². The second-order valence-corrected chi connectivity index (χ2v) is 6.74. The molecule has 0 fully saturated rings. The van der Waals surface area contributed by atoms with E-state index in [-0.39, 0.29) is 6.04 Å². The van der Waals surface area contributed by atoms with Crippen LogP contribution in [-0.4, -0.2) is 35.7 Å². The monoisotopic (exact) mass is 336 g/mol. The Bertz CT molecular complexity index is 768. The molecule has 3 rings (SSSR count). The van der Waals surface area contributed by atoms with Gasteiger partial charge in [-0.15, -0.1) is 0 Å². The van der Waals surface area contributed by atoms with Gasteiger partial charge in [0.1, 0.15) is 0 Å². The van der Waals surface area contributed by atoms with Crippen molar-refractivity contribution >= 4 is 11.7 Å². The van der Waals surface area contributed by atoms with Gasteiger partial charge in [0.25, 0.3) is 5.91 Å². The van der Waals surface area contributed by atoms with Crippen LogP contribution in [0, 0.1) is 6.92 Å². The van der Waals surface area contributed by atoms with Gasteiger partial charge in [0.15, 0.2) is 0 Å². The van der Waals surface area contributed by atoms with Crippen LogP contribution in [0.1, 0.15) is 34.0 Å². The van der Waals surface area contributed by atoms with Crippen molar-refractivity contribution < 1.29 is 9.59 Å². The molecule has 0 saturated heterocycles. The number of hydrogen-bond donors (Lipinski definition) is 1. The summed E-state index contributed by atoms with van der Waals surface area (Å²) < 4.78 is 0. The Morgan fingerprint density at radius 1 is 1.08 bits per heavy atom. The lowest BCUT2D eigenvalue weighted by atomic mass is 9.99. The fourth-order valence-electron chi connectivity index (χ4n) is 3.18. The van der Waals surface area contributed by atoms with Gasteiger partial charge in [0.05, 0.1) is 0 Å². The second kappa shape index (κ2) is 7.62. The minimum atomic E-state index is -0.534. The zero-order valence-corrected chi connectivity index (χ0v) is 14.8. The summed E-state index contributed by atoms with van der Waals surface area (Å²) in [5, 5.41) is 2.79. The molecule has 1 N–H and O–H groups in total. The molecule has 1 atom stereocenters. The number of nitrogens with zero attached hydrogens (tertiary/aromatic N) is 1. The topological polar surface area (TPSA) is 49.4 Å². The molecule has 2 aromatic rings. The average Bonchev–Trinajstić information content (AvgIpc) is 2.65. The molecule has 130 valence electrons. The van der Waals surface area contributed by atoms with E-state index in [9.17, 15) is 9.59 Å². The molecule has 1 aliphatic rings. The molecule has 1 amide bonds. The number of carbonyl (C=O) groups is 2.